The van der Waals surface area contributed by atoms with Crippen molar-refractivity contribution >= 4 is 28.4 Å². The highest BCUT2D eigenvalue weighted by Gasteiger charge is 2.14. The number of hydrogen-bond donors (Lipinski definition) is 1. The van der Waals surface area contributed by atoms with Crippen molar-refractivity contribution in [2.45, 2.75) is 6.92 Å². The van der Waals surface area contributed by atoms with Crippen molar-refractivity contribution in [1.29, 1.82) is 0 Å². The summed E-state index contributed by atoms with van der Waals surface area (Å²) in [7, 11) is 1.57. The maximum absolute atomic E-state index is 13.0. The molecule has 2 aromatic heterocycles. The lowest BCUT2D eigenvalue weighted by atomic mass is 10.1. The molecular weight excluding hydrogens is 366 g/mol. The zero-order valence-corrected chi connectivity index (χ0v) is 16.0. The van der Waals surface area contributed by atoms with Crippen molar-refractivity contribution in [2.24, 2.45) is 4.99 Å². The van der Waals surface area contributed by atoms with E-state index in [9.17, 15) is 4.79 Å². The predicted octanol–water partition coefficient (Wildman–Crippen LogP) is 4.63. The molecule has 0 bridgehead atoms. The number of hydrogen-bond acceptors (Lipinski definition) is 5. The van der Waals surface area contributed by atoms with Crippen molar-refractivity contribution in [2.75, 3.05) is 12.4 Å². The van der Waals surface area contributed by atoms with Gasteiger partial charge in [-0.25, -0.2) is 9.98 Å². The van der Waals surface area contributed by atoms with Gasteiger partial charge in [0.05, 0.1) is 7.11 Å². The molecule has 0 radical (unpaired) electrons. The van der Waals surface area contributed by atoms with Crippen LogP contribution in [0.25, 0.3) is 11.0 Å². The van der Waals surface area contributed by atoms with Crippen LogP contribution in [0.4, 0.5) is 11.5 Å². The number of amides is 1. The summed E-state index contributed by atoms with van der Waals surface area (Å²) < 4.78 is 11.3. The third-order valence-corrected chi connectivity index (χ3v) is 4.34. The summed E-state index contributed by atoms with van der Waals surface area (Å²) in [6, 6.07) is 22.0. The van der Waals surface area contributed by atoms with E-state index in [0.717, 1.165) is 11.1 Å². The van der Waals surface area contributed by atoms with Crippen molar-refractivity contribution in [3.8, 4) is 5.75 Å². The predicted molar refractivity (Wildman–Crippen MR) is 111 cm³/mol. The largest absolute Gasteiger partial charge is 0.494 e. The summed E-state index contributed by atoms with van der Waals surface area (Å²) in [5, 5.41) is 3.62. The highest BCUT2D eigenvalue weighted by atomic mass is 16.5. The minimum atomic E-state index is -0.355. The third kappa shape index (κ3) is 4.01. The number of aromatic nitrogens is 1. The van der Waals surface area contributed by atoms with Gasteiger partial charge in [-0.05, 0) is 43.3 Å². The molecule has 2 aromatic carbocycles. The van der Waals surface area contributed by atoms with E-state index in [1.54, 1.807) is 31.4 Å². The molecule has 1 amide bonds. The van der Waals surface area contributed by atoms with Crippen LogP contribution in [0.5, 0.6) is 5.75 Å². The first-order valence-electron chi connectivity index (χ1n) is 9.10. The molecule has 4 rings (SSSR count). The van der Waals surface area contributed by atoms with Gasteiger partial charge in [-0.2, -0.15) is 0 Å². The number of nitrogens with zero attached hydrogens (tertiary/aromatic N) is 2. The summed E-state index contributed by atoms with van der Waals surface area (Å²) >= 11 is 0. The van der Waals surface area contributed by atoms with Crippen molar-refractivity contribution in [1.82, 2.24) is 4.98 Å². The third-order valence-electron chi connectivity index (χ3n) is 4.34. The highest BCUT2D eigenvalue weighted by molar-refractivity contribution is 6.04. The second kappa shape index (κ2) is 7.98. The number of fused-ring (bicyclic) bond motifs is 1. The maximum Gasteiger partial charge on any atom is 0.262 e. The Hall–Kier alpha value is -3.93. The number of para-hydroxylation sites is 3. The summed E-state index contributed by atoms with van der Waals surface area (Å²) in [5.74, 6) is 0.695. The number of rotatable bonds is 4. The van der Waals surface area contributed by atoms with E-state index in [1.807, 2.05) is 55.5 Å². The Labute approximate surface area is 167 Å². The standard InChI is InChI=1S/C23H19N3O3/c1-15-8-7-13-21(24-15)26-22(27)17-14-16-9-3-5-11-19(16)29-23(17)25-18-10-4-6-12-20(18)28-2/h3-14H,1-2H3,(H,24,26,27). The van der Waals surface area contributed by atoms with Crippen LogP contribution in [0.15, 0.2) is 82.2 Å². The van der Waals surface area contributed by atoms with E-state index in [0.29, 0.717) is 28.4 Å². The minimum Gasteiger partial charge on any atom is -0.494 e. The van der Waals surface area contributed by atoms with Gasteiger partial charge in [0.25, 0.3) is 5.91 Å². The number of pyridine rings is 1. The zero-order valence-electron chi connectivity index (χ0n) is 16.0. The first-order chi connectivity index (χ1) is 14.1. The molecule has 0 saturated heterocycles. The van der Waals surface area contributed by atoms with E-state index in [1.165, 1.54) is 0 Å². The van der Waals surface area contributed by atoms with Gasteiger partial charge in [0.1, 0.15) is 28.4 Å². The molecule has 0 saturated carbocycles. The van der Waals surface area contributed by atoms with E-state index in [2.05, 4.69) is 15.3 Å². The minimum absolute atomic E-state index is 0.193. The number of ether oxygens (including phenoxy) is 1. The topological polar surface area (TPSA) is 76.7 Å². The molecule has 1 N–H and O–H groups in total. The van der Waals surface area contributed by atoms with E-state index in [4.69, 9.17) is 9.15 Å². The number of nitrogens with one attached hydrogen (secondary N) is 1. The molecule has 0 aliphatic rings. The molecule has 4 aromatic rings. The molecule has 6 heteroatoms. The van der Waals surface area contributed by atoms with E-state index >= 15 is 0 Å². The first kappa shape index (κ1) is 18.4. The van der Waals surface area contributed by atoms with Crippen LogP contribution in [0.2, 0.25) is 0 Å². The molecule has 0 aliphatic heterocycles. The van der Waals surface area contributed by atoms with Gasteiger partial charge >= 0.3 is 0 Å². The van der Waals surface area contributed by atoms with Gasteiger partial charge in [0.2, 0.25) is 5.55 Å². The van der Waals surface area contributed by atoms with Gasteiger partial charge in [-0.3, -0.25) is 4.79 Å². The van der Waals surface area contributed by atoms with Crippen molar-refractivity contribution in [3.63, 3.8) is 0 Å². The summed E-state index contributed by atoms with van der Waals surface area (Å²) in [6.07, 6.45) is 0. The Kier molecular flexibility index (Phi) is 5.07. The Morgan fingerprint density at radius 2 is 1.83 bits per heavy atom. The smallest absolute Gasteiger partial charge is 0.262 e. The number of carbonyl (C=O) groups excluding carboxylic acids is 1. The average molecular weight is 385 g/mol. The molecule has 0 spiro atoms. The number of aryl methyl sites for hydroxylation is 1. The second-order valence-corrected chi connectivity index (χ2v) is 6.41. The van der Waals surface area contributed by atoms with Crippen LogP contribution < -0.4 is 15.6 Å². The van der Waals surface area contributed by atoms with Crippen LogP contribution in [0.1, 0.15) is 16.1 Å². The Morgan fingerprint density at radius 3 is 2.66 bits per heavy atom. The fourth-order valence-electron chi connectivity index (χ4n) is 2.94. The lowest BCUT2D eigenvalue weighted by molar-refractivity contribution is 0.102. The van der Waals surface area contributed by atoms with Crippen LogP contribution in [-0.4, -0.2) is 18.0 Å². The second-order valence-electron chi connectivity index (χ2n) is 6.41. The van der Waals surface area contributed by atoms with Crippen molar-refractivity contribution in [3.05, 3.63) is 89.6 Å². The summed E-state index contributed by atoms with van der Waals surface area (Å²) in [6.45, 7) is 1.86. The molecule has 144 valence electrons. The molecule has 0 atom stereocenters. The summed E-state index contributed by atoms with van der Waals surface area (Å²) in [4.78, 5) is 21.9. The highest BCUT2D eigenvalue weighted by Crippen LogP contribution is 2.26. The quantitative estimate of drug-likeness (QED) is 0.556. The SMILES string of the molecule is COc1ccccc1N=c1oc2ccccc2cc1C(=O)Nc1cccc(C)n1. The van der Waals surface area contributed by atoms with Gasteiger partial charge in [0.15, 0.2) is 0 Å². The fourth-order valence-corrected chi connectivity index (χ4v) is 2.94. The monoisotopic (exact) mass is 385 g/mol. The van der Waals surface area contributed by atoms with Crippen LogP contribution >= 0.6 is 0 Å². The average Bonchev–Trinajstić information content (AvgIpc) is 2.73. The number of carbonyl (C=O) groups is 1. The lowest BCUT2D eigenvalue weighted by Gasteiger charge is -2.08. The van der Waals surface area contributed by atoms with Gasteiger partial charge in [-0.1, -0.05) is 36.4 Å². The Bertz CT molecular complexity index is 1260. The molecule has 0 fully saturated rings. The van der Waals surface area contributed by atoms with Gasteiger partial charge in [0, 0.05) is 11.1 Å². The first-order valence-corrected chi connectivity index (χ1v) is 9.10. The van der Waals surface area contributed by atoms with Crippen LogP contribution in [-0.2, 0) is 0 Å². The number of benzene rings is 2. The van der Waals surface area contributed by atoms with Gasteiger partial charge < -0.3 is 14.5 Å². The number of methoxy groups -OCH3 is 1. The Balaban J connectivity index is 1.86. The van der Waals surface area contributed by atoms with Crippen LogP contribution in [0.3, 0.4) is 0 Å². The van der Waals surface area contributed by atoms with Gasteiger partial charge in [-0.15, -0.1) is 0 Å². The zero-order chi connectivity index (χ0) is 20.2. The maximum atomic E-state index is 13.0. The normalized spacial score (nSPS) is 11.4. The van der Waals surface area contributed by atoms with Crippen LogP contribution in [0, 0.1) is 6.92 Å². The number of anilines is 1. The molecular formula is C23H19N3O3. The molecule has 0 aliphatic carbocycles. The van der Waals surface area contributed by atoms with Crippen molar-refractivity contribution < 1.29 is 13.9 Å². The van der Waals surface area contributed by atoms with E-state index < -0.39 is 0 Å². The Morgan fingerprint density at radius 1 is 1.03 bits per heavy atom. The summed E-state index contributed by atoms with van der Waals surface area (Å²) in [5.41, 5.74) is 2.50. The fraction of sp³-hybridized carbons (Fsp3) is 0.0870. The lowest BCUT2D eigenvalue weighted by Crippen LogP contribution is -2.22. The molecule has 2 heterocycles. The molecule has 0 unspecified atom stereocenters. The molecule has 6 nitrogen and oxygen atoms in total. The molecule has 29 heavy (non-hydrogen) atoms. The van der Waals surface area contributed by atoms with E-state index in [-0.39, 0.29) is 11.5 Å².